The van der Waals surface area contributed by atoms with Crippen LogP contribution in [0.2, 0.25) is 0 Å². The van der Waals surface area contributed by atoms with Gasteiger partial charge in [0.15, 0.2) is 0 Å². The molecule has 2 aliphatic heterocycles. The lowest BCUT2D eigenvalue weighted by molar-refractivity contribution is -0.136. The number of amides is 3. The van der Waals surface area contributed by atoms with Gasteiger partial charge < -0.3 is 4.90 Å². The molecule has 0 bridgehead atoms. The topological polar surface area (TPSA) is 57.7 Å². The van der Waals surface area contributed by atoms with Gasteiger partial charge in [-0.05, 0) is 48.1 Å². The monoisotopic (exact) mass is 394 g/mol. The fraction of sp³-hybridized carbons (Fsp3) is 0.318. The first-order valence-corrected chi connectivity index (χ1v) is 10.8. The summed E-state index contributed by atoms with van der Waals surface area (Å²) in [6, 6.07) is 14.1. The molecule has 0 N–H and O–H groups in total. The molecule has 2 aromatic rings. The van der Waals surface area contributed by atoms with Gasteiger partial charge in [-0.2, -0.15) is 11.8 Å². The Morgan fingerprint density at radius 1 is 1.00 bits per heavy atom. The number of hydrogen-bond donors (Lipinski definition) is 0. The molecule has 0 fully saturated rings. The molecule has 2 aromatic carbocycles. The van der Waals surface area contributed by atoms with Crippen LogP contribution in [0, 0.1) is 0 Å². The van der Waals surface area contributed by atoms with Crippen molar-refractivity contribution >= 4 is 29.5 Å². The summed E-state index contributed by atoms with van der Waals surface area (Å²) in [7, 11) is 0. The second-order valence-corrected chi connectivity index (χ2v) is 8.09. The Hall–Kier alpha value is -2.60. The summed E-state index contributed by atoms with van der Waals surface area (Å²) in [5.41, 5.74) is 3.16. The minimum atomic E-state index is -0.759. The van der Waals surface area contributed by atoms with Crippen LogP contribution in [0.5, 0.6) is 0 Å². The second-order valence-electron chi connectivity index (χ2n) is 7.10. The smallest absolute Gasteiger partial charge is 0.262 e. The van der Waals surface area contributed by atoms with E-state index in [0.29, 0.717) is 36.4 Å². The van der Waals surface area contributed by atoms with Gasteiger partial charge in [-0.15, -0.1) is 0 Å². The van der Waals surface area contributed by atoms with Crippen molar-refractivity contribution in [3.8, 4) is 0 Å². The van der Waals surface area contributed by atoms with Crippen molar-refractivity contribution in [1.82, 2.24) is 9.80 Å². The number of hydrogen-bond acceptors (Lipinski definition) is 4. The van der Waals surface area contributed by atoms with Gasteiger partial charge >= 0.3 is 0 Å². The lowest BCUT2D eigenvalue weighted by Gasteiger charge is -2.34. The van der Waals surface area contributed by atoms with Crippen LogP contribution < -0.4 is 0 Å². The number of benzene rings is 2. The van der Waals surface area contributed by atoms with E-state index in [2.05, 4.69) is 6.07 Å². The highest BCUT2D eigenvalue weighted by Crippen LogP contribution is 2.28. The predicted molar refractivity (Wildman–Crippen MR) is 109 cm³/mol. The largest absolute Gasteiger partial charge is 0.336 e. The third-order valence-corrected chi connectivity index (χ3v) is 6.10. The molecule has 1 unspecified atom stereocenters. The predicted octanol–water partition coefficient (Wildman–Crippen LogP) is 2.99. The van der Waals surface area contributed by atoms with Gasteiger partial charge in [0.05, 0.1) is 11.1 Å². The summed E-state index contributed by atoms with van der Waals surface area (Å²) in [4.78, 5) is 42.2. The Morgan fingerprint density at radius 2 is 1.61 bits per heavy atom. The number of carbonyl (C=O) groups excluding carboxylic acids is 3. The molecule has 0 saturated heterocycles. The van der Waals surface area contributed by atoms with E-state index >= 15 is 0 Å². The van der Waals surface area contributed by atoms with Gasteiger partial charge in [0.1, 0.15) is 6.04 Å². The Labute approximate surface area is 168 Å². The summed E-state index contributed by atoms with van der Waals surface area (Å²) in [6.45, 7) is 1.13. The minimum absolute atomic E-state index is 0.141. The van der Waals surface area contributed by atoms with E-state index in [-0.39, 0.29) is 17.7 Å². The van der Waals surface area contributed by atoms with E-state index in [4.69, 9.17) is 0 Å². The SMILES string of the molecule is CSCCC(C(=O)N1CCc2ccccc2C1)N1C(=O)c2ccccc2C1=O. The van der Waals surface area contributed by atoms with Crippen molar-refractivity contribution in [3.05, 3.63) is 70.8 Å². The van der Waals surface area contributed by atoms with Crippen LogP contribution in [-0.4, -0.2) is 52.1 Å². The molecule has 2 aliphatic rings. The minimum Gasteiger partial charge on any atom is -0.336 e. The Balaban J connectivity index is 1.61. The van der Waals surface area contributed by atoms with Crippen LogP contribution in [0.25, 0.3) is 0 Å². The van der Waals surface area contributed by atoms with Gasteiger partial charge in [0, 0.05) is 13.1 Å². The van der Waals surface area contributed by atoms with Crippen molar-refractivity contribution in [2.75, 3.05) is 18.6 Å². The number of nitrogens with zero attached hydrogens (tertiary/aromatic N) is 2. The third-order valence-electron chi connectivity index (χ3n) is 5.46. The molecule has 144 valence electrons. The second kappa shape index (κ2) is 7.80. The highest BCUT2D eigenvalue weighted by atomic mass is 32.2. The van der Waals surface area contributed by atoms with Crippen LogP contribution >= 0.6 is 11.8 Å². The van der Waals surface area contributed by atoms with E-state index in [1.54, 1.807) is 40.9 Å². The zero-order valence-electron chi connectivity index (χ0n) is 15.8. The molecule has 4 rings (SSSR count). The van der Waals surface area contributed by atoms with Crippen molar-refractivity contribution in [2.45, 2.75) is 25.4 Å². The van der Waals surface area contributed by atoms with Gasteiger partial charge in [0.2, 0.25) is 5.91 Å². The lowest BCUT2D eigenvalue weighted by Crippen LogP contribution is -2.52. The molecule has 0 radical (unpaired) electrons. The molecule has 2 heterocycles. The number of fused-ring (bicyclic) bond motifs is 2. The quantitative estimate of drug-likeness (QED) is 0.732. The van der Waals surface area contributed by atoms with Crippen LogP contribution in [0.3, 0.4) is 0 Å². The lowest BCUT2D eigenvalue weighted by atomic mass is 9.99. The number of rotatable bonds is 5. The zero-order chi connectivity index (χ0) is 19.7. The van der Waals surface area contributed by atoms with E-state index in [1.165, 1.54) is 10.5 Å². The van der Waals surface area contributed by atoms with Gasteiger partial charge in [0.25, 0.3) is 11.8 Å². The van der Waals surface area contributed by atoms with Gasteiger partial charge in [-0.3, -0.25) is 19.3 Å². The van der Waals surface area contributed by atoms with Crippen LogP contribution in [0.1, 0.15) is 38.3 Å². The molecule has 3 amide bonds. The molecule has 0 aromatic heterocycles. The first-order chi connectivity index (χ1) is 13.6. The Kier molecular flexibility index (Phi) is 5.22. The average molecular weight is 394 g/mol. The van der Waals surface area contributed by atoms with E-state index in [0.717, 1.165) is 12.0 Å². The van der Waals surface area contributed by atoms with Crippen LogP contribution in [0.15, 0.2) is 48.5 Å². The van der Waals surface area contributed by atoms with Crippen molar-refractivity contribution < 1.29 is 14.4 Å². The molecule has 0 aliphatic carbocycles. The number of imide groups is 1. The molecule has 0 spiro atoms. The maximum Gasteiger partial charge on any atom is 0.262 e. The van der Waals surface area contributed by atoms with E-state index < -0.39 is 6.04 Å². The van der Waals surface area contributed by atoms with Crippen LogP contribution in [0.4, 0.5) is 0 Å². The molecule has 5 nitrogen and oxygen atoms in total. The van der Waals surface area contributed by atoms with Crippen molar-refractivity contribution in [3.63, 3.8) is 0 Å². The summed E-state index contributed by atoms with van der Waals surface area (Å²) in [5, 5.41) is 0. The maximum absolute atomic E-state index is 13.4. The van der Waals surface area contributed by atoms with Crippen LogP contribution in [-0.2, 0) is 17.8 Å². The first-order valence-electron chi connectivity index (χ1n) is 9.43. The summed E-state index contributed by atoms with van der Waals surface area (Å²) in [5.74, 6) is -0.165. The molecule has 1 atom stereocenters. The zero-order valence-corrected chi connectivity index (χ0v) is 16.6. The van der Waals surface area contributed by atoms with E-state index in [1.807, 2.05) is 24.5 Å². The normalized spacial score (nSPS) is 16.8. The maximum atomic E-state index is 13.4. The molecule has 6 heteroatoms. The molecular weight excluding hydrogens is 372 g/mol. The number of carbonyl (C=O) groups is 3. The average Bonchev–Trinajstić information content (AvgIpc) is 2.99. The third kappa shape index (κ3) is 3.22. The number of thioether (sulfide) groups is 1. The van der Waals surface area contributed by atoms with Crippen molar-refractivity contribution in [2.24, 2.45) is 0 Å². The highest BCUT2D eigenvalue weighted by Gasteiger charge is 2.43. The van der Waals surface area contributed by atoms with Crippen molar-refractivity contribution in [1.29, 1.82) is 0 Å². The van der Waals surface area contributed by atoms with Gasteiger partial charge in [-0.1, -0.05) is 36.4 Å². The standard InChI is InChI=1S/C22H22N2O3S/c1-28-13-11-19(24-20(25)17-8-4-5-9-18(17)21(24)26)22(27)23-12-10-15-6-2-3-7-16(15)14-23/h2-9,19H,10-14H2,1H3. The summed E-state index contributed by atoms with van der Waals surface area (Å²) < 4.78 is 0. The Morgan fingerprint density at radius 3 is 2.25 bits per heavy atom. The van der Waals surface area contributed by atoms with E-state index in [9.17, 15) is 14.4 Å². The first kappa shape index (κ1) is 18.7. The molecular formula is C22H22N2O3S. The molecule has 28 heavy (non-hydrogen) atoms. The summed E-state index contributed by atoms with van der Waals surface area (Å²) >= 11 is 1.61. The highest BCUT2D eigenvalue weighted by molar-refractivity contribution is 7.98. The summed E-state index contributed by atoms with van der Waals surface area (Å²) in [6.07, 6.45) is 3.21. The fourth-order valence-corrected chi connectivity index (χ4v) is 4.44. The Bertz CT molecular complexity index is 908. The fourth-order valence-electron chi connectivity index (χ4n) is 3.98. The van der Waals surface area contributed by atoms with Gasteiger partial charge in [-0.25, -0.2) is 0 Å². The molecule has 0 saturated carbocycles.